The van der Waals surface area contributed by atoms with Gasteiger partial charge in [-0.25, -0.2) is 9.78 Å². The molecular weight excluding hydrogens is 466 g/mol. The number of ether oxygens (including phenoxy) is 1. The molecule has 35 heavy (non-hydrogen) atoms. The Morgan fingerprint density at radius 3 is 2.54 bits per heavy atom. The van der Waals surface area contributed by atoms with E-state index in [4.69, 9.17) is 9.72 Å². The molecule has 3 heterocycles. The summed E-state index contributed by atoms with van der Waals surface area (Å²) in [4.78, 5) is 32.8. The van der Waals surface area contributed by atoms with Crippen LogP contribution in [0.25, 0.3) is 4.96 Å². The summed E-state index contributed by atoms with van der Waals surface area (Å²) in [6, 6.07) is 0. The quantitative estimate of drug-likeness (QED) is 0.284. The summed E-state index contributed by atoms with van der Waals surface area (Å²) < 4.78 is 7.45. The number of carbonyl (C=O) groups is 1. The van der Waals surface area contributed by atoms with Gasteiger partial charge < -0.3 is 9.64 Å². The molecule has 0 aliphatic carbocycles. The van der Waals surface area contributed by atoms with Gasteiger partial charge in [-0.3, -0.25) is 19.4 Å². The van der Waals surface area contributed by atoms with Crippen LogP contribution in [0.1, 0.15) is 71.7 Å². The first-order chi connectivity index (χ1) is 16.5. The van der Waals surface area contributed by atoms with Crippen LogP contribution in [0.4, 0.5) is 4.79 Å². The van der Waals surface area contributed by atoms with Crippen molar-refractivity contribution in [3.05, 3.63) is 57.5 Å². The highest BCUT2D eigenvalue weighted by Crippen LogP contribution is 2.31. The van der Waals surface area contributed by atoms with Crippen LogP contribution in [0.3, 0.4) is 0 Å². The molecule has 1 saturated heterocycles. The Hall–Kier alpha value is -2.72. The first kappa shape index (κ1) is 28.5. The van der Waals surface area contributed by atoms with Gasteiger partial charge in [-0.1, -0.05) is 19.1 Å². The predicted molar refractivity (Wildman–Crippen MR) is 140 cm³/mol. The van der Waals surface area contributed by atoms with E-state index < -0.39 is 10.5 Å². The number of nitro groups is 1. The zero-order chi connectivity index (χ0) is 26.2. The minimum atomic E-state index is -0.500. The monoisotopic (exact) mass is 505 g/mol. The molecule has 2 aromatic heterocycles. The zero-order valence-electron chi connectivity index (χ0n) is 21.8. The van der Waals surface area contributed by atoms with Crippen molar-refractivity contribution in [3.63, 3.8) is 0 Å². The largest absolute Gasteiger partial charge is 0.444 e. The third-order valence-electron chi connectivity index (χ3n) is 5.65. The van der Waals surface area contributed by atoms with Crippen molar-refractivity contribution in [1.82, 2.24) is 19.2 Å². The number of allylic oxidation sites excluding steroid dienone is 3. The average Bonchev–Trinajstić information content (AvgIpc) is 3.26. The van der Waals surface area contributed by atoms with E-state index in [0.29, 0.717) is 26.1 Å². The van der Waals surface area contributed by atoms with E-state index in [2.05, 4.69) is 11.5 Å². The Bertz CT molecular complexity index is 1030. The Morgan fingerprint density at radius 1 is 1.29 bits per heavy atom. The minimum absolute atomic E-state index is 0.00667. The maximum atomic E-state index is 12.4. The summed E-state index contributed by atoms with van der Waals surface area (Å²) in [5.41, 5.74) is 1.28. The number of imidazole rings is 1. The van der Waals surface area contributed by atoms with Crippen LogP contribution in [0.5, 0.6) is 0 Å². The lowest BCUT2D eigenvalue weighted by Crippen LogP contribution is -2.39. The van der Waals surface area contributed by atoms with E-state index in [-0.39, 0.29) is 17.7 Å². The van der Waals surface area contributed by atoms with Crippen LogP contribution in [-0.4, -0.2) is 62.0 Å². The lowest BCUT2D eigenvalue weighted by atomic mass is 10.0. The molecule has 9 nitrogen and oxygen atoms in total. The summed E-state index contributed by atoms with van der Waals surface area (Å²) in [7, 11) is 0. The standard InChI is InChI=1S/C21H31N5O4S.C4H8/c1-6-17(15(2)26(28)29)18-14-31-19-22-16(13-25(18)19)12-23-8-7-9-24(11-10-23)20(27)30-21(3,4)5;1-3-4-2/h13-14,17H,2,6-12H2,1,3-5H3;3-4H,1-2H3/b;4-3-. The van der Waals surface area contributed by atoms with Crippen molar-refractivity contribution < 1.29 is 14.5 Å². The van der Waals surface area contributed by atoms with Gasteiger partial charge in [0.1, 0.15) is 5.60 Å². The van der Waals surface area contributed by atoms with Crippen molar-refractivity contribution in [1.29, 1.82) is 0 Å². The molecule has 1 fully saturated rings. The van der Waals surface area contributed by atoms with Gasteiger partial charge in [-0.05, 0) is 54.0 Å². The summed E-state index contributed by atoms with van der Waals surface area (Å²) in [5.74, 6) is -0.341. The fraction of sp³-hybridized carbons (Fsp3) is 0.600. The van der Waals surface area contributed by atoms with Gasteiger partial charge in [0.25, 0.3) is 0 Å². The number of thiazole rings is 1. The van der Waals surface area contributed by atoms with Gasteiger partial charge in [0.2, 0.25) is 5.70 Å². The third kappa shape index (κ3) is 8.17. The molecular formula is C25H39N5O4S. The molecule has 1 aliphatic heterocycles. The van der Waals surface area contributed by atoms with Crippen LogP contribution in [-0.2, 0) is 11.3 Å². The van der Waals surface area contributed by atoms with E-state index in [0.717, 1.165) is 35.9 Å². The van der Waals surface area contributed by atoms with Gasteiger partial charge >= 0.3 is 6.09 Å². The second-order valence-electron chi connectivity index (χ2n) is 9.52. The molecule has 0 radical (unpaired) electrons. The number of aromatic nitrogens is 2. The van der Waals surface area contributed by atoms with E-state index in [1.807, 2.05) is 69.7 Å². The fourth-order valence-corrected chi connectivity index (χ4v) is 4.73. The SMILES string of the molecule is C/C=C\C.C=C(C(CC)c1csc2nc(CN3CCCN(C(=O)OC(C)(C)C)CC3)cn12)[N+](=O)[O-]. The van der Waals surface area contributed by atoms with Crippen LogP contribution >= 0.6 is 11.3 Å². The number of carbonyl (C=O) groups excluding carboxylic acids is 1. The Morgan fingerprint density at radius 2 is 1.97 bits per heavy atom. The van der Waals surface area contributed by atoms with E-state index >= 15 is 0 Å². The Labute approximate surface area is 212 Å². The zero-order valence-corrected chi connectivity index (χ0v) is 22.6. The maximum Gasteiger partial charge on any atom is 0.410 e. The molecule has 3 rings (SSSR count). The topological polar surface area (TPSA) is 93.2 Å². The molecule has 1 unspecified atom stereocenters. The molecule has 0 saturated carbocycles. The number of rotatable bonds is 6. The predicted octanol–water partition coefficient (Wildman–Crippen LogP) is 5.71. The van der Waals surface area contributed by atoms with Gasteiger partial charge in [0.05, 0.1) is 16.5 Å². The van der Waals surface area contributed by atoms with Crippen molar-refractivity contribution in [2.75, 3.05) is 26.2 Å². The van der Waals surface area contributed by atoms with Gasteiger partial charge in [-0.2, -0.15) is 0 Å². The molecule has 2 aromatic rings. The molecule has 1 atom stereocenters. The van der Waals surface area contributed by atoms with Gasteiger partial charge in [0, 0.05) is 50.0 Å². The lowest BCUT2D eigenvalue weighted by molar-refractivity contribution is -0.429. The van der Waals surface area contributed by atoms with Crippen molar-refractivity contribution >= 4 is 22.4 Å². The molecule has 1 amide bonds. The first-order valence-electron chi connectivity index (χ1n) is 12.1. The lowest BCUT2D eigenvalue weighted by Gasteiger charge is -2.26. The molecule has 1 aliphatic rings. The average molecular weight is 506 g/mol. The number of amides is 1. The Kier molecular flexibility index (Phi) is 10.5. The summed E-state index contributed by atoms with van der Waals surface area (Å²) in [6.07, 6.45) is 7.17. The van der Waals surface area contributed by atoms with E-state index in [9.17, 15) is 14.9 Å². The normalized spacial score (nSPS) is 16.0. The molecule has 0 N–H and O–H groups in total. The first-order valence-corrected chi connectivity index (χ1v) is 12.9. The highest BCUT2D eigenvalue weighted by atomic mass is 32.1. The molecule has 0 spiro atoms. The summed E-state index contributed by atoms with van der Waals surface area (Å²) in [6.45, 7) is 18.8. The van der Waals surface area contributed by atoms with Gasteiger partial charge in [-0.15, -0.1) is 11.3 Å². The minimum Gasteiger partial charge on any atom is -0.444 e. The second-order valence-corrected chi connectivity index (χ2v) is 10.4. The third-order valence-corrected chi connectivity index (χ3v) is 6.51. The number of nitrogens with zero attached hydrogens (tertiary/aromatic N) is 5. The molecule has 0 bridgehead atoms. The van der Waals surface area contributed by atoms with Crippen LogP contribution in [0.2, 0.25) is 0 Å². The van der Waals surface area contributed by atoms with E-state index in [1.54, 1.807) is 4.90 Å². The van der Waals surface area contributed by atoms with Crippen LogP contribution < -0.4 is 0 Å². The number of hydrogen-bond acceptors (Lipinski definition) is 7. The van der Waals surface area contributed by atoms with E-state index in [1.165, 1.54) is 11.3 Å². The number of hydrogen-bond donors (Lipinski definition) is 0. The molecule has 0 aromatic carbocycles. The van der Waals surface area contributed by atoms with Crippen molar-refractivity contribution in [2.24, 2.45) is 0 Å². The highest BCUT2D eigenvalue weighted by Gasteiger charge is 2.27. The van der Waals surface area contributed by atoms with Crippen molar-refractivity contribution in [3.8, 4) is 0 Å². The number of fused-ring (bicyclic) bond motifs is 1. The van der Waals surface area contributed by atoms with Crippen LogP contribution in [0, 0.1) is 10.1 Å². The summed E-state index contributed by atoms with van der Waals surface area (Å²) >= 11 is 1.48. The smallest absolute Gasteiger partial charge is 0.410 e. The molecule has 10 heteroatoms. The Balaban J connectivity index is 0.00000100. The maximum absolute atomic E-state index is 12.4. The van der Waals surface area contributed by atoms with Crippen molar-refractivity contribution in [2.45, 2.75) is 72.4 Å². The van der Waals surface area contributed by atoms with Crippen LogP contribution in [0.15, 0.2) is 36.0 Å². The molecule has 194 valence electrons. The highest BCUT2D eigenvalue weighted by molar-refractivity contribution is 7.15. The van der Waals surface area contributed by atoms with Gasteiger partial charge in [0.15, 0.2) is 4.96 Å². The second kappa shape index (κ2) is 12.8. The fourth-order valence-electron chi connectivity index (χ4n) is 3.78. The summed E-state index contributed by atoms with van der Waals surface area (Å²) in [5, 5.41) is 13.2.